The van der Waals surface area contributed by atoms with Crippen molar-refractivity contribution in [2.75, 3.05) is 0 Å². The van der Waals surface area contributed by atoms with E-state index in [1.807, 2.05) is 0 Å². The molecule has 0 radical (unpaired) electrons. The van der Waals surface area contributed by atoms with Crippen LogP contribution in [0.2, 0.25) is 0 Å². The topological polar surface area (TPSA) is 46.5 Å². The van der Waals surface area contributed by atoms with Crippen molar-refractivity contribution in [2.45, 2.75) is 8.31 Å². The summed E-state index contributed by atoms with van der Waals surface area (Å²) >= 11 is 27.9. The van der Waals surface area contributed by atoms with E-state index in [0.29, 0.717) is 0 Å². The highest BCUT2D eigenvalue weighted by Crippen LogP contribution is 2.47. The normalized spacial score (nSPS) is 12.3. The zero-order valence-corrected chi connectivity index (χ0v) is 11.7. The van der Waals surface area contributed by atoms with Gasteiger partial charge in [0, 0.05) is 0 Å². The Kier molecular flexibility index (Phi) is 4.67. The molecule has 0 atom stereocenters. The van der Waals surface area contributed by atoms with E-state index in [1.54, 1.807) is 0 Å². The van der Waals surface area contributed by atoms with Gasteiger partial charge in [0.25, 0.3) is 3.79 Å². The van der Waals surface area contributed by atoms with Crippen LogP contribution in [-0.4, -0.2) is 19.4 Å². The zero-order chi connectivity index (χ0) is 13.3. The molecule has 0 spiro atoms. The summed E-state index contributed by atoms with van der Waals surface area (Å²) in [6, 6.07) is 5.69. The lowest BCUT2D eigenvalue weighted by atomic mass is 10.2. The summed E-state index contributed by atoms with van der Waals surface area (Å²) in [7, 11) is 0. The molecule has 1 rings (SSSR count). The van der Waals surface area contributed by atoms with Crippen LogP contribution in [0, 0.1) is 0 Å². The van der Waals surface area contributed by atoms with Crippen LogP contribution in [0.4, 0.5) is 0 Å². The highest BCUT2D eigenvalue weighted by Gasteiger charge is 2.49. The van der Waals surface area contributed by atoms with Gasteiger partial charge >= 0.3 is 10.5 Å². The molecule has 0 bridgehead atoms. The van der Waals surface area contributed by atoms with Crippen molar-refractivity contribution in [3.63, 3.8) is 0 Å². The number of hydrogen-bond acceptors (Lipinski definition) is 2. The van der Waals surface area contributed by atoms with Crippen molar-refractivity contribution in [3.8, 4) is 5.75 Å². The number of carbonyl (C=O) groups is 1. The van der Waals surface area contributed by atoms with Crippen LogP contribution in [-0.2, 0) is 0 Å². The van der Waals surface area contributed by atoms with E-state index in [2.05, 4.69) is 0 Å². The van der Waals surface area contributed by atoms with Gasteiger partial charge in [0.1, 0.15) is 11.3 Å². The SMILES string of the molecule is O=C(O)c1ccccc1OC(Cl)(Cl)C(Cl)(Cl)Cl. The summed E-state index contributed by atoms with van der Waals surface area (Å²) in [5.74, 6) is -1.31. The van der Waals surface area contributed by atoms with Crippen LogP contribution in [0.25, 0.3) is 0 Å². The zero-order valence-electron chi connectivity index (χ0n) is 7.96. The number of ether oxygens (including phenoxy) is 1. The van der Waals surface area contributed by atoms with Gasteiger partial charge in [-0.25, -0.2) is 4.79 Å². The van der Waals surface area contributed by atoms with Gasteiger partial charge in [0.2, 0.25) is 0 Å². The maximum absolute atomic E-state index is 10.9. The monoisotopic (exact) mass is 336 g/mol. The Morgan fingerprint density at radius 3 is 2.12 bits per heavy atom. The fourth-order valence-corrected chi connectivity index (χ4v) is 1.21. The summed E-state index contributed by atoms with van der Waals surface area (Å²) < 4.78 is 0.671. The second-order valence-corrected chi connectivity index (χ2v) is 6.46. The van der Waals surface area contributed by atoms with Crippen LogP contribution in [0.1, 0.15) is 10.4 Å². The van der Waals surface area contributed by atoms with E-state index in [0.717, 1.165) is 0 Å². The van der Waals surface area contributed by atoms with Crippen molar-refractivity contribution in [2.24, 2.45) is 0 Å². The van der Waals surface area contributed by atoms with Gasteiger partial charge < -0.3 is 9.84 Å². The predicted octanol–water partition coefficient (Wildman–Crippen LogP) is 4.27. The van der Waals surface area contributed by atoms with Gasteiger partial charge in [-0.3, -0.25) is 0 Å². The summed E-state index contributed by atoms with van der Waals surface area (Å²) in [6.07, 6.45) is 0. The Morgan fingerprint density at radius 1 is 1.12 bits per heavy atom. The maximum atomic E-state index is 10.9. The lowest BCUT2D eigenvalue weighted by molar-refractivity contribution is 0.0690. The van der Waals surface area contributed by atoms with E-state index in [9.17, 15) is 4.79 Å². The van der Waals surface area contributed by atoms with Gasteiger partial charge in [-0.05, 0) is 12.1 Å². The molecule has 1 aromatic rings. The number of aromatic carboxylic acids is 1. The number of benzene rings is 1. The van der Waals surface area contributed by atoms with Crippen molar-refractivity contribution in [1.82, 2.24) is 0 Å². The van der Waals surface area contributed by atoms with Gasteiger partial charge in [-0.1, -0.05) is 70.1 Å². The molecule has 0 saturated heterocycles. The molecular weight excluding hydrogens is 333 g/mol. The Balaban J connectivity index is 3.08. The number of carboxylic acid groups (broad SMARTS) is 1. The quantitative estimate of drug-likeness (QED) is 0.838. The Bertz CT molecular complexity index is 427. The number of rotatable bonds is 3. The first-order valence-electron chi connectivity index (χ1n) is 4.11. The molecule has 0 fully saturated rings. The van der Waals surface area contributed by atoms with E-state index < -0.39 is 14.3 Å². The number of carboxylic acids is 1. The van der Waals surface area contributed by atoms with Crippen LogP contribution >= 0.6 is 58.0 Å². The fraction of sp³-hybridized carbons (Fsp3) is 0.222. The van der Waals surface area contributed by atoms with Crippen molar-refractivity contribution >= 4 is 64.0 Å². The first-order valence-corrected chi connectivity index (χ1v) is 6.00. The predicted molar refractivity (Wildman–Crippen MR) is 68.8 cm³/mol. The Morgan fingerprint density at radius 2 is 1.65 bits per heavy atom. The fourth-order valence-electron chi connectivity index (χ4n) is 0.928. The third-order valence-corrected chi connectivity index (χ3v) is 3.79. The molecule has 0 heterocycles. The van der Waals surface area contributed by atoms with Crippen molar-refractivity contribution in [3.05, 3.63) is 29.8 Å². The second kappa shape index (κ2) is 5.29. The first-order chi connectivity index (χ1) is 7.65. The van der Waals surface area contributed by atoms with Crippen LogP contribution < -0.4 is 4.74 Å². The molecular formula is C9H5Cl5O3. The first kappa shape index (κ1) is 15.0. The average Bonchev–Trinajstić information content (AvgIpc) is 2.15. The minimum Gasteiger partial charge on any atom is -0.478 e. The third kappa shape index (κ3) is 3.70. The molecule has 0 amide bonds. The van der Waals surface area contributed by atoms with E-state index in [-0.39, 0.29) is 11.3 Å². The van der Waals surface area contributed by atoms with Gasteiger partial charge in [0.05, 0.1) is 0 Å². The summed E-state index contributed by atoms with van der Waals surface area (Å²) in [5.41, 5.74) is -0.146. The summed E-state index contributed by atoms with van der Waals surface area (Å²) in [4.78, 5) is 10.9. The van der Waals surface area contributed by atoms with Gasteiger partial charge in [0.15, 0.2) is 0 Å². The average molecular weight is 338 g/mol. The molecule has 94 valence electrons. The standard InChI is InChI=1S/C9H5Cl5O3/c10-8(11,12)9(13,14)17-6-4-2-1-3-5(6)7(15)16/h1-4H,(H,15,16). The lowest BCUT2D eigenvalue weighted by Crippen LogP contribution is -2.37. The van der Waals surface area contributed by atoms with Crippen molar-refractivity contribution < 1.29 is 14.6 Å². The molecule has 1 aromatic carbocycles. The Labute approximate surface area is 122 Å². The summed E-state index contributed by atoms with van der Waals surface area (Å²) in [5, 5.41) is 8.90. The molecule has 0 aliphatic carbocycles. The van der Waals surface area contributed by atoms with Crippen LogP contribution in [0.15, 0.2) is 24.3 Å². The largest absolute Gasteiger partial charge is 0.478 e. The van der Waals surface area contributed by atoms with E-state index in [4.69, 9.17) is 67.8 Å². The molecule has 0 aliphatic heterocycles. The van der Waals surface area contributed by atoms with E-state index >= 15 is 0 Å². The molecule has 3 nitrogen and oxygen atoms in total. The number of hydrogen-bond donors (Lipinski definition) is 1. The molecule has 0 unspecified atom stereocenters. The second-order valence-electron chi connectivity index (χ2n) is 2.92. The maximum Gasteiger partial charge on any atom is 0.339 e. The van der Waals surface area contributed by atoms with Gasteiger partial charge in [-0.2, -0.15) is 0 Å². The highest BCUT2D eigenvalue weighted by molar-refractivity contribution is 6.75. The lowest BCUT2D eigenvalue weighted by Gasteiger charge is -2.28. The third-order valence-electron chi connectivity index (χ3n) is 1.69. The van der Waals surface area contributed by atoms with Gasteiger partial charge in [-0.15, -0.1) is 0 Å². The van der Waals surface area contributed by atoms with Crippen molar-refractivity contribution in [1.29, 1.82) is 0 Å². The highest BCUT2D eigenvalue weighted by atomic mass is 35.6. The summed E-state index contributed by atoms with van der Waals surface area (Å²) in [6.45, 7) is 0. The van der Waals surface area contributed by atoms with Crippen LogP contribution in [0.3, 0.4) is 0 Å². The molecule has 0 saturated carbocycles. The molecule has 17 heavy (non-hydrogen) atoms. The Hall–Kier alpha value is -0.0600. The molecule has 0 aromatic heterocycles. The van der Waals surface area contributed by atoms with Crippen LogP contribution in [0.5, 0.6) is 5.75 Å². The van der Waals surface area contributed by atoms with E-state index in [1.165, 1.54) is 24.3 Å². The molecule has 0 aliphatic rings. The minimum atomic E-state index is -2.21. The molecule has 8 heteroatoms. The number of halogens is 5. The molecule has 1 N–H and O–H groups in total. The number of para-hydroxylation sites is 1. The smallest absolute Gasteiger partial charge is 0.339 e. The number of alkyl halides is 5. The minimum absolute atomic E-state index is 0.101.